The number of hydrogen-bond donors (Lipinski definition) is 13. The first kappa shape index (κ1) is 50.4. The number of carboxylic acids is 1. The van der Waals surface area contributed by atoms with Crippen molar-refractivity contribution in [3.8, 4) is 0 Å². The summed E-state index contributed by atoms with van der Waals surface area (Å²) in [6.07, 6.45) is 0.392. The highest BCUT2D eigenvalue weighted by atomic mass is 16.4. The first-order valence-corrected chi connectivity index (χ1v) is 19.0. The standard InChI is InChI=1S/C34H61N13O11/c1-17(2)26(46-27(51)18(36)10-11-24(37)49)31(55)44-21(15-25(38)50)29(53)42-19(7-3-4-12-35)28(52)43-20(8-5-13-41-34(39)40)32(56)47-14-6-9-23(47)30(54)45-22(16-48)33(57)58/h17-23,26,48H,3-16,35-36H2,1-2H3,(H2,37,49)(H2,38,50)(H,42,53)(H,43,52)(H,44,55)(H,45,54)(H,46,51)(H,57,58)(H4,39,40,41)/t18-,19-,20-,21-,22-,23-,26-/m0/s1. The number of carboxylic acid groups (broad SMARTS) is 1. The van der Waals surface area contributed by atoms with E-state index in [-0.39, 0.29) is 64.1 Å². The Hall–Kier alpha value is -5.62. The molecule has 0 aromatic carbocycles. The van der Waals surface area contributed by atoms with Crippen molar-refractivity contribution >= 4 is 59.2 Å². The van der Waals surface area contributed by atoms with E-state index < -0.39 is 114 Å². The Labute approximate surface area is 335 Å². The zero-order chi connectivity index (χ0) is 44.1. The summed E-state index contributed by atoms with van der Waals surface area (Å²) in [4.78, 5) is 120. The highest BCUT2D eigenvalue weighted by molar-refractivity contribution is 5.98. The lowest BCUT2D eigenvalue weighted by Crippen LogP contribution is -2.60. The first-order valence-electron chi connectivity index (χ1n) is 19.0. The van der Waals surface area contributed by atoms with E-state index in [2.05, 4.69) is 31.6 Å². The number of guanidine groups is 1. The molecule has 1 aliphatic heterocycles. The van der Waals surface area contributed by atoms with Gasteiger partial charge in [-0.1, -0.05) is 13.8 Å². The summed E-state index contributed by atoms with van der Waals surface area (Å²) in [5.74, 6) is -8.98. The number of nitrogens with zero attached hydrogens (tertiary/aromatic N) is 2. The molecule has 24 heteroatoms. The number of aliphatic hydroxyl groups excluding tert-OH is 1. The first-order chi connectivity index (χ1) is 27.2. The Kier molecular flexibility index (Phi) is 22.2. The topological polar surface area (TPSA) is 426 Å². The van der Waals surface area contributed by atoms with Crippen molar-refractivity contribution in [3.63, 3.8) is 0 Å². The molecule has 0 bridgehead atoms. The van der Waals surface area contributed by atoms with Gasteiger partial charge in [0.1, 0.15) is 36.3 Å². The zero-order valence-corrected chi connectivity index (χ0v) is 32.9. The van der Waals surface area contributed by atoms with Crippen LogP contribution in [-0.4, -0.2) is 143 Å². The molecule has 1 saturated heterocycles. The van der Waals surface area contributed by atoms with E-state index in [1.807, 2.05) is 0 Å². The molecule has 0 unspecified atom stereocenters. The lowest BCUT2D eigenvalue weighted by Gasteiger charge is -2.30. The largest absolute Gasteiger partial charge is 0.480 e. The molecule has 0 saturated carbocycles. The van der Waals surface area contributed by atoms with Crippen LogP contribution in [0.4, 0.5) is 0 Å². The van der Waals surface area contributed by atoms with E-state index >= 15 is 0 Å². The molecule has 0 spiro atoms. The quantitative estimate of drug-likeness (QED) is 0.0208. The molecule has 24 nitrogen and oxygen atoms in total. The summed E-state index contributed by atoms with van der Waals surface area (Å²) >= 11 is 0. The van der Waals surface area contributed by atoms with E-state index in [1.165, 1.54) is 4.90 Å². The SMILES string of the molecule is CC(C)[C@H](NC(=O)[C@@H](N)CCC(N)=O)C(=O)N[C@@H](CC(N)=O)C(=O)N[C@@H](CCCCN)C(=O)N[C@@H](CCCN=C(N)N)C(=O)N1CCC[C@H]1C(=O)N[C@@H](CO)C(=O)O. The van der Waals surface area contributed by atoms with Crippen LogP contribution in [0.1, 0.15) is 78.1 Å². The van der Waals surface area contributed by atoms with E-state index in [4.69, 9.17) is 34.4 Å². The van der Waals surface area contributed by atoms with Gasteiger partial charge in [-0.05, 0) is 63.8 Å². The normalized spacial score (nSPS) is 16.7. The van der Waals surface area contributed by atoms with Crippen molar-refractivity contribution in [1.82, 2.24) is 31.5 Å². The molecule has 58 heavy (non-hydrogen) atoms. The number of amides is 8. The highest BCUT2D eigenvalue weighted by Gasteiger charge is 2.40. The van der Waals surface area contributed by atoms with Crippen molar-refractivity contribution in [2.75, 3.05) is 26.2 Å². The molecule has 0 aromatic heterocycles. The van der Waals surface area contributed by atoms with Gasteiger partial charge in [-0.25, -0.2) is 4.79 Å². The number of unbranched alkanes of at least 4 members (excludes halogenated alkanes) is 1. The lowest BCUT2D eigenvalue weighted by molar-refractivity contribution is -0.145. The third-order valence-corrected chi connectivity index (χ3v) is 9.10. The smallest absolute Gasteiger partial charge is 0.328 e. The van der Waals surface area contributed by atoms with E-state index in [0.717, 1.165) is 0 Å². The average molecular weight is 828 g/mol. The van der Waals surface area contributed by atoms with Crippen molar-refractivity contribution < 1.29 is 53.4 Å². The Balaban J connectivity index is 3.36. The maximum Gasteiger partial charge on any atom is 0.328 e. The van der Waals surface area contributed by atoms with Gasteiger partial charge in [0.2, 0.25) is 47.3 Å². The number of nitrogens with one attached hydrogen (secondary N) is 5. The molecule has 1 heterocycles. The van der Waals surface area contributed by atoms with Crippen LogP contribution < -0.4 is 61.0 Å². The molecule has 1 rings (SSSR count). The number of aliphatic imine (C=N–C) groups is 1. The molecule has 7 atom stereocenters. The number of carbonyl (C=O) groups is 9. The molecule has 0 radical (unpaired) electrons. The summed E-state index contributed by atoms with van der Waals surface area (Å²) in [6, 6.07) is -9.49. The molecule has 1 fully saturated rings. The maximum atomic E-state index is 14.0. The number of likely N-dealkylation sites (tertiary alicyclic amines) is 1. The highest BCUT2D eigenvalue weighted by Crippen LogP contribution is 2.20. The van der Waals surface area contributed by atoms with Crippen molar-refractivity contribution in [2.45, 2.75) is 120 Å². The number of rotatable bonds is 27. The van der Waals surface area contributed by atoms with Gasteiger partial charge in [-0.3, -0.25) is 43.3 Å². The van der Waals surface area contributed by atoms with Crippen LogP contribution in [0.2, 0.25) is 0 Å². The third kappa shape index (κ3) is 17.7. The zero-order valence-electron chi connectivity index (χ0n) is 32.9. The molecule has 8 amide bonds. The third-order valence-electron chi connectivity index (χ3n) is 9.10. The van der Waals surface area contributed by atoms with Crippen LogP contribution in [0.3, 0.4) is 0 Å². The Morgan fingerprint density at radius 2 is 1.34 bits per heavy atom. The Morgan fingerprint density at radius 1 is 0.741 bits per heavy atom. The Bertz CT molecular complexity index is 1490. The molecule has 0 aliphatic carbocycles. The van der Waals surface area contributed by atoms with E-state index in [0.29, 0.717) is 19.3 Å². The van der Waals surface area contributed by atoms with Gasteiger partial charge in [0, 0.05) is 19.5 Å². The van der Waals surface area contributed by atoms with Crippen LogP contribution in [-0.2, 0) is 43.2 Å². The van der Waals surface area contributed by atoms with Gasteiger partial charge < -0.3 is 76.1 Å². The summed E-state index contributed by atoms with van der Waals surface area (Å²) < 4.78 is 0. The van der Waals surface area contributed by atoms with Crippen LogP contribution in [0, 0.1) is 5.92 Å². The maximum absolute atomic E-state index is 14.0. The number of nitrogens with two attached hydrogens (primary N) is 6. The number of primary amides is 2. The number of hydrogen-bond acceptors (Lipinski definition) is 13. The molecule has 1 aliphatic rings. The van der Waals surface area contributed by atoms with Crippen molar-refractivity contribution in [1.29, 1.82) is 0 Å². The second-order valence-corrected chi connectivity index (χ2v) is 14.2. The van der Waals surface area contributed by atoms with Gasteiger partial charge >= 0.3 is 5.97 Å². The fourth-order valence-corrected chi connectivity index (χ4v) is 5.92. The fraction of sp³-hybridized carbons (Fsp3) is 0.706. The minimum atomic E-state index is -1.63. The monoisotopic (exact) mass is 827 g/mol. The van der Waals surface area contributed by atoms with E-state index in [1.54, 1.807) is 13.8 Å². The van der Waals surface area contributed by atoms with Gasteiger partial charge in [0.25, 0.3) is 0 Å². The molecular formula is C34H61N13O11. The van der Waals surface area contributed by atoms with Crippen LogP contribution in [0.15, 0.2) is 4.99 Å². The second-order valence-electron chi connectivity index (χ2n) is 14.2. The number of carbonyl (C=O) groups excluding carboxylic acids is 8. The minimum Gasteiger partial charge on any atom is -0.480 e. The van der Waals surface area contributed by atoms with Gasteiger partial charge in [0.15, 0.2) is 5.96 Å². The fourth-order valence-electron chi connectivity index (χ4n) is 5.92. The molecular weight excluding hydrogens is 766 g/mol. The molecule has 19 N–H and O–H groups in total. The summed E-state index contributed by atoms with van der Waals surface area (Å²) in [5.41, 5.74) is 32.9. The number of aliphatic carboxylic acids is 1. The lowest BCUT2D eigenvalue weighted by atomic mass is 10.0. The minimum absolute atomic E-state index is 0.0126. The summed E-state index contributed by atoms with van der Waals surface area (Å²) in [7, 11) is 0. The predicted molar refractivity (Wildman–Crippen MR) is 207 cm³/mol. The average Bonchev–Trinajstić information content (AvgIpc) is 3.64. The Morgan fingerprint density at radius 3 is 1.90 bits per heavy atom. The van der Waals surface area contributed by atoms with Gasteiger partial charge in [-0.15, -0.1) is 0 Å². The summed E-state index contributed by atoms with van der Waals surface area (Å²) in [6.45, 7) is 2.67. The van der Waals surface area contributed by atoms with Crippen molar-refractivity contribution in [2.24, 2.45) is 45.3 Å². The van der Waals surface area contributed by atoms with Gasteiger partial charge in [0.05, 0.1) is 19.1 Å². The van der Waals surface area contributed by atoms with Crippen LogP contribution in [0.5, 0.6) is 0 Å². The second kappa shape index (κ2) is 25.6. The van der Waals surface area contributed by atoms with Crippen LogP contribution in [0.25, 0.3) is 0 Å². The van der Waals surface area contributed by atoms with Crippen LogP contribution >= 0.6 is 0 Å². The number of aliphatic hydroxyl groups is 1. The molecule has 0 aromatic rings. The predicted octanol–water partition coefficient (Wildman–Crippen LogP) is -6.21. The molecule has 328 valence electrons. The van der Waals surface area contributed by atoms with Gasteiger partial charge in [-0.2, -0.15) is 0 Å². The van der Waals surface area contributed by atoms with Crippen molar-refractivity contribution in [3.05, 3.63) is 0 Å². The van der Waals surface area contributed by atoms with E-state index in [9.17, 15) is 53.4 Å². The summed E-state index contributed by atoms with van der Waals surface area (Å²) in [5, 5.41) is 30.9.